The number of fused-ring (bicyclic) bond motifs is 3. The van der Waals surface area contributed by atoms with Crippen LogP contribution in [0, 0.1) is 6.92 Å². The minimum atomic E-state index is -1.20. The molecule has 1 heterocycles. The van der Waals surface area contributed by atoms with Crippen molar-refractivity contribution in [2.45, 2.75) is 19.4 Å². The number of alkyl carbamates (subject to hydrolysis) is 1. The van der Waals surface area contributed by atoms with Gasteiger partial charge in [-0.25, -0.2) is 14.6 Å². The highest BCUT2D eigenvalue weighted by atomic mass is 16.5. The number of rotatable bonds is 5. The number of benzene rings is 2. The lowest BCUT2D eigenvalue weighted by Crippen LogP contribution is -2.25. The van der Waals surface area contributed by atoms with E-state index >= 15 is 0 Å². The van der Waals surface area contributed by atoms with Gasteiger partial charge in [0.1, 0.15) is 6.61 Å². The first-order valence-electron chi connectivity index (χ1n) is 8.83. The van der Waals surface area contributed by atoms with Crippen molar-refractivity contribution in [3.05, 3.63) is 77.0 Å². The Morgan fingerprint density at radius 2 is 1.71 bits per heavy atom. The third kappa shape index (κ3) is 3.22. The molecule has 0 radical (unpaired) electrons. The van der Waals surface area contributed by atoms with Crippen molar-refractivity contribution in [1.82, 2.24) is 10.3 Å². The molecule has 142 valence electrons. The van der Waals surface area contributed by atoms with Gasteiger partial charge in [-0.05, 0) is 29.2 Å². The summed E-state index contributed by atoms with van der Waals surface area (Å²) in [5.41, 5.74) is 4.83. The molecule has 0 saturated heterocycles. The van der Waals surface area contributed by atoms with Crippen LogP contribution in [-0.2, 0) is 11.3 Å². The van der Waals surface area contributed by atoms with Crippen LogP contribution in [0.5, 0.6) is 0 Å². The van der Waals surface area contributed by atoms with Crippen LogP contribution < -0.4 is 5.32 Å². The highest BCUT2D eigenvalue weighted by Gasteiger charge is 2.29. The van der Waals surface area contributed by atoms with E-state index in [-0.39, 0.29) is 36.4 Å². The minimum Gasteiger partial charge on any atom is -0.475 e. The highest BCUT2D eigenvalue weighted by Crippen LogP contribution is 2.44. The predicted molar refractivity (Wildman–Crippen MR) is 100 cm³/mol. The van der Waals surface area contributed by atoms with Crippen LogP contribution in [0.2, 0.25) is 0 Å². The molecular weight excluding hydrogens is 360 g/mol. The lowest BCUT2D eigenvalue weighted by Gasteiger charge is -2.14. The zero-order valence-corrected chi connectivity index (χ0v) is 15.1. The first-order chi connectivity index (χ1) is 13.5. The van der Waals surface area contributed by atoms with Crippen molar-refractivity contribution in [2.24, 2.45) is 0 Å². The number of hydrogen-bond acceptors (Lipinski definition) is 5. The molecule has 0 fully saturated rings. The van der Waals surface area contributed by atoms with Gasteiger partial charge in [-0.1, -0.05) is 48.5 Å². The number of carbonyl (C=O) groups is 2. The van der Waals surface area contributed by atoms with Crippen molar-refractivity contribution in [3.63, 3.8) is 0 Å². The molecule has 0 bridgehead atoms. The first kappa shape index (κ1) is 17.8. The molecule has 0 spiro atoms. The molecule has 1 aliphatic rings. The lowest BCUT2D eigenvalue weighted by atomic mass is 9.98. The Bertz CT molecular complexity index is 1010. The maximum atomic E-state index is 12.1. The van der Waals surface area contributed by atoms with Gasteiger partial charge in [0.05, 0.1) is 12.2 Å². The summed E-state index contributed by atoms with van der Waals surface area (Å²) in [5.74, 6) is -1.34. The Hall–Kier alpha value is -3.61. The van der Waals surface area contributed by atoms with E-state index in [0.29, 0.717) is 0 Å². The number of aromatic carboxylic acids is 1. The zero-order valence-electron chi connectivity index (χ0n) is 15.1. The number of ether oxygens (including phenoxy) is 1. The standard InChI is InChI=1S/C21H18N2O5/c1-12-19(20(24)25)28-18(23-12)10-22-21(26)27-11-17-15-8-4-2-6-13(15)14-7-3-5-9-16(14)17/h2-9,17H,10-11H2,1H3,(H,22,26)(H,24,25). The van der Waals surface area contributed by atoms with Crippen molar-refractivity contribution in [1.29, 1.82) is 0 Å². The van der Waals surface area contributed by atoms with E-state index in [1.165, 1.54) is 6.92 Å². The molecule has 1 amide bonds. The third-order valence-corrected chi connectivity index (χ3v) is 4.76. The van der Waals surface area contributed by atoms with Gasteiger partial charge >= 0.3 is 12.1 Å². The summed E-state index contributed by atoms with van der Waals surface area (Å²) in [6.45, 7) is 1.68. The predicted octanol–water partition coefficient (Wildman–Crippen LogP) is 3.72. The quantitative estimate of drug-likeness (QED) is 0.702. The van der Waals surface area contributed by atoms with Crippen LogP contribution in [0.25, 0.3) is 11.1 Å². The van der Waals surface area contributed by atoms with Crippen LogP contribution >= 0.6 is 0 Å². The number of oxazole rings is 1. The number of amides is 1. The highest BCUT2D eigenvalue weighted by molar-refractivity contribution is 5.85. The smallest absolute Gasteiger partial charge is 0.407 e. The van der Waals surface area contributed by atoms with E-state index in [0.717, 1.165) is 22.3 Å². The van der Waals surface area contributed by atoms with E-state index < -0.39 is 12.1 Å². The van der Waals surface area contributed by atoms with Crippen LogP contribution in [-0.4, -0.2) is 28.8 Å². The maximum Gasteiger partial charge on any atom is 0.407 e. The Balaban J connectivity index is 1.40. The molecule has 0 aliphatic heterocycles. The number of nitrogens with one attached hydrogen (secondary N) is 1. The molecule has 0 saturated carbocycles. The van der Waals surface area contributed by atoms with Crippen molar-refractivity contribution in [2.75, 3.05) is 6.61 Å². The van der Waals surface area contributed by atoms with Crippen LogP contribution in [0.15, 0.2) is 52.9 Å². The van der Waals surface area contributed by atoms with Crippen molar-refractivity contribution < 1.29 is 23.8 Å². The fourth-order valence-electron chi connectivity index (χ4n) is 3.52. The number of hydrogen-bond donors (Lipinski definition) is 2. The van der Waals surface area contributed by atoms with Crippen LogP contribution in [0.4, 0.5) is 4.79 Å². The fraction of sp³-hybridized carbons (Fsp3) is 0.190. The van der Waals surface area contributed by atoms with E-state index in [1.54, 1.807) is 0 Å². The van der Waals surface area contributed by atoms with Crippen molar-refractivity contribution in [3.8, 4) is 11.1 Å². The summed E-state index contributed by atoms with van der Waals surface area (Å²) >= 11 is 0. The number of carbonyl (C=O) groups excluding carboxylic acids is 1. The number of aromatic nitrogens is 1. The Labute approximate surface area is 161 Å². The second-order valence-corrected chi connectivity index (χ2v) is 6.51. The molecule has 3 aromatic rings. The average Bonchev–Trinajstić information content (AvgIpc) is 3.23. The monoisotopic (exact) mass is 378 g/mol. The molecule has 7 heteroatoms. The molecule has 2 aromatic carbocycles. The number of carboxylic acids is 1. The Morgan fingerprint density at radius 1 is 1.11 bits per heavy atom. The second-order valence-electron chi connectivity index (χ2n) is 6.51. The first-order valence-corrected chi connectivity index (χ1v) is 8.83. The summed E-state index contributed by atoms with van der Waals surface area (Å²) in [6.07, 6.45) is -0.616. The molecule has 1 aliphatic carbocycles. The number of aryl methyl sites for hydroxylation is 1. The van der Waals surface area contributed by atoms with Gasteiger partial charge in [0.15, 0.2) is 0 Å². The van der Waals surface area contributed by atoms with Gasteiger partial charge in [0, 0.05) is 5.92 Å². The van der Waals surface area contributed by atoms with Crippen molar-refractivity contribution >= 4 is 12.1 Å². The van der Waals surface area contributed by atoms with Crippen LogP contribution in [0.1, 0.15) is 39.2 Å². The molecule has 0 unspecified atom stereocenters. The van der Waals surface area contributed by atoms with Gasteiger partial charge in [-0.15, -0.1) is 0 Å². The van der Waals surface area contributed by atoms with Gasteiger partial charge in [0.2, 0.25) is 11.7 Å². The van der Waals surface area contributed by atoms with E-state index in [4.69, 9.17) is 14.3 Å². The molecule has 28 heavy (non-hydrogen) atoms. The normalized spacial score (nSPS) is 12.3. The number of nitrogens with zero attached hydrogens (tertiary/aromatic N) is 1. The average molecular weight is 378 g/mol. The maximum absolute atomic E-state index is 12.1. The second kappa shape index (κ2) is 7.19. The van der Waals surface area contributed by atoms with Gasteiger partial charge < -0.3 is 19.6 Å². The third-order valence-electron chi connectivity index (χ3n) is 4.76. The molecule has 4 rings (SSSR count). The molecular formula is C21H18N2O5. The van der Waals surface area contributed by atoms with E-state index in [2.05, 4.69) is 22.4 Å². The Kier molecular flexibility index (Phi) is 4.57. The topological polar surface area (TPSA) is 102 Å². The SMILES string of the molecule is Cc1nc(CNC(=O)OCC2c3ccccc3-c3ccccc32)oc1C(=O)O. The summed E-state index contributed by atoms with van der Waals surface area (Å²) in [7, 11) is 0. The summed E-state index contributed by atoms with van der Waals surface area (Å²) in [4.78, 5) is 27.1. The summed E-state index contributed by atoms with van der Waals surface area (Å²) < 4.78 is 10.5. The van der Waals surface area contributed by atoms with Crippen LogP contribution in [0.3, 0.4) is 0 Å². The summed E-state index contributed by atoms with van der Waals surface area (Å²) in [6, 6.07) is 16.2. The number of carboxylic acid groups (broad SMARTS) is 1. The fourth-order valence-corrected chi connectivity index (χ4v) is 3.52. The zero-order chi connectivity index (χ0) is 19.7. The Morgan fingerprint density at radius 3 is 2.29 bits per heavy atom. The van der Waals surface area contributed by atoms with Gasteiger partial charge in [-0.2, -0.15) is 0 Å². The van der Waals surface area contributed by atoms with E-state index in [1.807, 2.05) is 36.4 Å². The lowest BCUT2D eigenvalue weighted by molar-refractivity contribution is 0.0659. The molecule has 7 nitrogen and oxygen atoms in total. The summed E-state index contributed by atoms with van der Waals surface area (Å²) in [5, 5.41) is 11.5. The van der Waals surface area contributed by atoms with Gasteiger partial charge in [0.25, 0.3) is 0 Å². The van der Waals surface area contributed by atoms with Gasteiger partial charge in [-0.3, -0.25) is 0 Å². The molecule has 0 atom stereocenters. The van der Waals surface area contributed by atoms with E-state index in [9.17, 15) is 9.59 Å². The molecule has 1 aromatic heterocycles. The molecule has 2 N–H and O–H groups in total. The minimum absolute atomic E-state index is 0.0271. The largest absolute Gasteiger partial charge is 0.475 e.